The van der Waals surface area contributed by atoms with Crippen LogP contribution in [0.15, 0.2) is 18.5 Å². The quantitative estimate of drug-likeness (QED) is 0.802. The molecule has 3 rings (SSSR count). The predicted octanol–water partition coefficient (Wildman–Crippen LogP) is 0.439. The van der Waals surface area contributed by atoms with Crippen LogP contribution >= 0.6 is 0 Å². The molecule has 1 aromatic heterocycles. The van der Waals surface area contributed by atoms with Crippen molar-refractivity contribution in [3.8, 4) is 6.07 Å². The van der Waals surface area contributed by atoms with E-state index in [0.717, 1.165) is 25.9 Å². The van der Waals surface area contributed by atoms with Crippen molar-refractivity contribution in [3.05, 3.63) is 24.0 Å². The number of hydrogen-bond donors (Lipinski definition) is 1. The molecule has 1 aromatic rings. The Hall–Kier alpha value is -1.97. The van der Waals surface area contributed by atoms with E-state index < -0.39 is 0 Å². The summed E-state index contributed by atoms with van der Waals surface area (Å²) in [5.74, 6) is -0.0777. The average molecular weight is 272 g/mol. The molecule has 6 heteroatoms. The highest BCUT2D eigenvalue weighted by molar-refractivity contribution is 5.95. The SMILES string of the molecule is N#Cc1cncc(N2CC3(CCNCC3)OCC2=O)c1. The minimum Gasteiger partial charge on any atom is -0.363 e. The zero-order valence-corrected chi connectivity index (χ0v) is 11.1. The number of amides is 1. The summed E-state index contributed by atoms with van der Waals surface area (Å²) in [4.78, 5) is 17.8. The number of nitrogens with zero attached hydrogens (tertiary/aromatic N) is 3. The molecule has 0 aromatic carbocycles. The fourth-order valence-corrected chi connectivity index (χ4v) is 2.77. The Kier molecular flexibility index (Phi) is 3.38. The predicted molar refractivity (Wildman–Crippen MR) is 72.1 cm³/mol. The lowest BCUT2D eigenvalue weighted by Gasteiger charge is -2.44. The van der Waals surface area contributed by atoms with Crippen LogP contribution in [-0.2, 0) is 9.53 Å². The summed E-state index contributed by atoms with van der Waals surface area (Å²) in [7, 11) is 0. The van der Waals surface area contributed by atoms with Crippen molar-refractivity contribution >= 4 is 11.6 Å². The van der Waals surface area contributed by atoms with Crippen LogP contribution < -0.4 is 10.2 Å². The molecule has 2 aliphatic rings. The summed E-state index contributed by atoms with van der Waals surface area (Å²) in [6.07, 6.45) is 4.90. The van der Waals surface area contributed by atoms with Gasteiger partial charge in [0, 0.05) is 6.20 Å². The van der Waals surface area contributed by atoms with E-state index in [9.17, 15) is 4.79 Å². The molecule has 0 aliphatic carbocycles. The van der Waals surface area contributed by atoms with Gasteiger partial charge in [0.2, 0.25) is 0 Å². The molecule has 0 radical (unpaired) electrons. The van der Waals surface area contributed by atoms with E-state index in [4.69, 9.17) is 10.00 Å². The zero-order valence-electron chi connectivity index (χ0n) is 11.1. The number of nitriles is 1. The van der Waals surface area contributed by atoms with Crippen molar-refractivity contribution in [3.63, 3.8) is 0 Å². The van der Waals surface area contributed by atoms with Crippen molar-refractivity contribution < 1.29 is 9.53 Å². The molecule has 2 saturated heterocycles. The Morgan fingerprint density at radius 3 is 2.95 bits per heavy atom. The first-order valence-corrected chi connectivity index (χ1v) is 6.73. The Balaban J connectivity index is 1.86. The Morgan fingerprint density at radius 2 is 2.20 bits per heavy atom. The third-order valence-electron chi connectivity index (χ3n) is 3.93. The van der Waals surface area contributed by atoms with Gasteiger partial charge in [0.25, 0.3) is 5.91 Å². The van der Waals surface area contributed by atoms with Gasteiger partial charge in [0.05, 0.1) is 29.6 Å². The number of carbonyl (C=O) groups is 1. The summed E-state index contributed by atoms with van der Waals surface area (Å²) in [5, 5.41) is 12.2. The van der Waals surface area contributed by atoms with E-state index in [0.29, 0.717) is 17.8 Å². The maximum atomic E-state index is 12.1. The molecule has 104 valence electrons. The van der Waals surface area contributed by atoms with Gasteiger partial charge in [-0.25, -0.2) is 0 Å². The second-order valence-electron chi connectivity index (χ2n) is 5.25. The van der Waals surface area contributed by atoms with Crippen molar-refractivity contribution in [2.24, 2.45) is 0 Å². The number of aromatic nitrogens is 1. The number of ether oxygens (including phenoxy) is 1. The van der Waals surface area contributed by atoms with Crippen LogP contribution in [0.2, 0.25) is 0 Å². The largest absolute Gasteiger partial charge is 0.363 e. The van der Waals surface area contributed by atoms with Gasteiger partial charge in [-0.1, -0.05) is 0 Å². The zero-order chi connectivity index (χ0) is 14.0. The third-order valence-corrected chi connectivity index (χ3v) is 3.93. The van der Waals surface area contributed by atoms with Crippen LogP contribution in [-0.4, -0.2) is 42.7 Å². The number of hydrogen-bond acceptors (Lipinski definition) is 5. The summed E-state index contributed by atoms with van der Waals surface area (Å²) >= 11 is 0. The summed E-state index contributed by atoms with van der Waals surface area (Å²) in [6, 6.07) is 3.75. The van der Waals surface area contributed by atoms with Crippen LogP contribution in [0.1, 0.15) is 18.4 Å². The Labute approximate surface area is 117 Å². The Bertz CT molecular complexity index is 561. The van der Waals surface area contributed by atoms with Crippen LogP contribution in [0.4, 0.5) is 5.69 Å². The summed E-state index contributed by atoms with van der Waals surface area (Å²) in [6.45, 7) is 2.43. The number of rotatable bonds is 1. The van der Waals surface area contributed by atoms with Crippen LogP contribution in [0, 0.1) is 11.3 Å². The van der Waals surface area contributed by atoms with E-state index in [1.165, 1.54) is 6.20 Å². The standard InChI is InChI=1S/C14H16N4O2/c15-6-11-5-12(8-17-7-11)18-10-14(20-9-13(18)19)1-3-16-4-2-14/h5,7-8,16H,1-4,9-10H2. The van der Waals surface area contributed by atoms with Gasteiger partial charge in [0.15, 0.2) is 0 Å². The molecule has 6 nitrogen and oxygen atoms in total. The van der Waals surface area contributed by atoms with E-state index in [1.54, 1.807) is 17.2 Å². The van der Waals surface area contributed by atoms with Gasteiger partial charge < -0.3 is 15.0 Å². The van der Waals surface area contributed by atoms with Gasteiger partial charge in [-0.2, -0.15) is 5.26 Å². The highest BCUT2D eigenvalue weighted by Gasteiger charge is 2.41. The minimum absolute atomic E-state index is 0.0777. The van der Waals surface area contributed by atoms with Gasteiger partial charge >= 0.3 is 0 Å². The average Bonchev–Trinajstić information content (AvgIpc) is 2.51. The number of anilines is 1. The van der Waals surface area contributed by atoms with Crippen LogP contribution in [0.5, 0.6) is 0 Å². The summed E-state index contributed by atoms with van der Waals surface area (Å²) < 4.78 is 5.81. The topological polar surface area (TPSA) is 78.2 Å². The number of carbonyl (C=O) groups excluding carboxylic acids is 1. The molecule has 1 spiro atoms. The number of piperidine rings is 1. The van der Waals surface area contributed by atoms with E-state index in [-0.39, 0.29) is 18.1 Å². The van der Waals surface area contributed by atoms with Gasteiger partial charge in [-0.3, -0.25) is 9.78 Å². The van der Waals surface area contributed by atoms with Crippen molar-refractivity contribution in [1.29, 1.82) is 5.26 Å². The molecule has 0 atom stereocenters. The molecular weight excluding hydrogens is 256 g/mol. The highest BCUT2D eigenvalue weighted by Crippen LogP contribution is 2.30. The summed E-state index contributed by atoms with van der Waals surface area (Å²) in [5.41, 5.74) is 0.873. The van der Waals surface area contributed by atoms with Crippen molar-refractivity contribution in [2.75, 3.05) is 31.1 Å². The van der Waals surface area contributed by atoms with Gasteiger partial charge in [-0.05, 0) is 32.0 Å². The lowest BCUT2D eigenvalue weighted by molar-refractivity contribution is -0.141. The molecule has 1 amide bonds. The normalized spacial score (nSPS) is 21.8. The molecule has 2 fully saturated rings. The highest BCUT2D eigenvalue weighted by atomic mass is 16.5. The van der Waals surface area contributed by atoms with Gasteiger partial charge in [-0.15, -0.1) is 0 Å². The van der Waals surface area contributed by atoms with E-state index in [1.807, 2.05) is 0 Å². The lowest BCUT2D eigenvalue weighted by Crippen LogP contribution is -2.58. The Morgan fingerprint density at radius 1 is 1.40 bits per heavy atom. The number of morpholine rings is 1. The first-order valence-electron chi connectivity index (χ1n) is 6.73. The molecule has 1 N–H and O–H groups in total. The van der Waals surface area contributed by atoms with Gasteiger partial charge in [0.1, 0.15) is 12.7 Å². The maximum absolute atomic E-state index is 12.1. The maximum Gasteiger partial charge on any atom is 0.253 e. The van der Waals surface area contributed by atoms with E-state index >= 15 is 0 Å². The van der Waals surface area contributed by atoms with Crippen LogP contribution in [0.25, 0.3) is 0 Å². The monoisotopic (exact) mass is 272 g/mol. The third kappa shape index (κ3) is 2.38. The number of nitrogens with one attached hydrogen (secondary N) is 1. The molecule has 20 heavy (non-hydrogen) atoms. The van der Waals surface area contributed by atoms with Crippen molar-refractivity contribution in [1.82, 2.24) is 10.3 Å². The lowest BCUT2D eigenvalue weighted by atomic mass is 9.90. The van der Waals surface area contributed by atoms with Crippen LogP contribution in [0.3, 0.4) is 0 Å². The van der Waals surface area contributed by atoms with Crippen molar-refractivity contribution in [2.45, 2.75) is 18.4 Å². The fraction of sp³-hybridized carbons (Fsp3) is 0.500. The minimum atomic E-state index is -0.262. The molecule has 3 heterocycles. The molecule has 0 unspecified atom stereocenters. The molecule has 2 aliphatic heterocycles. The van der Waals surface area contributed by atoms with E-state index in [2.05, 4.69) is 16.4 Å². The first-order chi connectivity index (χ1) is 9.72. The fourth-order valence-electron chi connectivity index (χ4n) is 2.77. The second-order valence-corrected chi connectivity index (χ2v) is 5.25. The molecular formula is C14H16N4O2. The number of pyridine rings is 1. The first kappa shape index (κ1) is 13.0. The second kappa shape index (κ2) is 5.19. The molecule has 0 saturated carbocycles. The smallest absolute Gasteiger partial charge is 0.253 e. The molecule has 0 bridgehead atoms.